The van der Waals surface area contributed by atoms with E-state index in [9.17, 15) is 10.1 Å². The van der Waals surface area contributed by atoms with Crippen LogP contribution in [0.4, 0.5) is 5.69 Å². The van der Waals surface area contributed by atoms with Gasteiger partial charge in [-0.2, -0.15) is 9.90 Å². The number of nitro groups is 1. The zero-order valence-electron chi connectivity index (χ0n) is 15.5. The quantitative estimate of drug-likeness (QED) is 0.263. The summed E-state index contributed by atoms with van der Waals surface area (Å²) < 4.78 is 1.81. The molecule has 0 saturated heterocycles. The molecule has 0 unspecified atom stereocenters. The number of thioether (sulfide) groups is 1. The van der Waals surface area contributed by atoms with E-state index in [2.05, 4.69) is 32.6 Å². The maximum absolute atomic E-state index is 10.8. The van der Waals surface area contributed by atoms with E-state index >= 15 is 0 Å². The number of aryl methyl sites for hydroxylation is 1. The van der Waals surface area contributed by atoms with Crippen LogP contribution in [-0.2, 0) is 19.3 Å². The fraction of sp³-hybridized carbons (Fsp3) is 0.158. The van der Waals surface area contributed by atoms with E-state index in [1.165, 1.54) is 22.5 Å². The number of aromatic nitrogens is 6. The van der Waals surface area contributed by atoms with Crippen molar-refractivity contribution in [3.8, 4) is 11.4 Å². The van der Waals surface area contributed by atoms with Crippen molar-refractivity contribution in [2.75, 3.05) is 0 Å². The van der Waals surface area contributed by atoms with Crippen LogP contribution in [0.3, 0.4) is 0 Å². The number of rotatable bonds is 7. The van der Waals surface area contributed by atoms with Gasteiger partial charge in [0.1, 0.15) is 5.03 Å². The smallest absolute Gasteiger partial charge is 0.261 e. The molecule has 0 radical (unpaired) electrons. The Morgan fingerprint density at radius 1 is 1.07 bits per heavy atom. The molecule has 4 rings (SSSR count). The highest BCUT2D eigenvalue weighted by Gasteiger charge is 2.16. The van der Waals surface area contributed by atoms with E-state index in [0.717, 1.165) is 21.9 Å². The number of nitrogens with zero attached hydrogens (tertiary/aromatic N) is 7. The van der Waals surface area contributed by atoms with Crippen LogP contribution in [0.1, 0.15) is 11.1 Å². The summed E-state index contributed by atoms with van der Waals surface area (Å²) in [5.41, 5.74) is 2.95. The first-order chi connectivity index (χ1) is 14.1. The van der Waals surface area contributed by atoms with Crippen LogP contribution in [-0.4, -0.2) is 34.9 Å². The second-order valence-electron chi connectivity index (χ2n) is 6.33. The molecule has 2 aromatic carbocycles. The van der Waals surface area contributed by atoms with Crippen LogP contribution in [0.15, 0.2) is 65.8 Å². The summed E-state index contributed by atoms with van der Waals surface area (Å²) in [6.45, 7) is 0.373. The summed E-state index contributed by atoms with van der Waals surface area (Å²) in [4.78, 5) is 11.8. The number of tetrazole rings is 1. The monoisotopic (exact) mass is 407 g/mol. The molecule has 2 aromatic heterocycles. The number of nitro benzene ring substituents is 1. The molecule has 0 aliphatic heterocycles. The average molecular weight is 407 g/mol. The number of benzene rings is 2. The second-order valence-corrected chi connectivity index (χ2v) is 7.29. The van der Waals surface area contributed by atoms with Crippen LogP contribution in [0.5, 0.6) is 0 Å². The van der Waals surface area contributed by atoms with Gasteiger partial charge in [-0.25, -0.2) is 0 Å². The Hall–Kier alpha value is -3.53. The average Bonchev–Trinajstić information content (AvgIpc) is 3.34. The van der Waals surface area contributed by atoms with Gasteiger partial charge in [0.2, 0.25) is 5.82 Å². The third-order valence-electron chi connectivity index (χ3n) is 4.27. The van der Waals surface area contributed by atoms with E-state index in [-0.39, 0.29) is 5.69 Å². The lowest BCUT2D eigenvalue weighted by atomic mass is 10.2. The van der Waals surface area contributed by atoms with Gasteiger partial charge in [0.05, 0.1) is 23.2 Å². The predicted molar refractivity (Wildman–Crippen MR) is 108 cm³/mol. The standard InChI is InChI=1S/C19H17N7O2S/c1-24-19(29-13-15-5-3-2-4-6-15)17(11-20-24)18-21-23-25(22-18)12-14-7-9-16(10-8-14)26(27)28/h2-11H,12-13H2,1H3. The molecule has 0 fully saturated rings. The second kappa shape index (κ2) is 8.23. The molecule has 0 atom stereocenters. The molecule has 0 N–H and O–H groups in total. The van der Waals surface area contributed by atoms with Crippen LogP contribution >= 0.6 is 11.8 Å². The number of hydrogen-bond acceptors (Lipinski definition) is 7. The molecule has 4 aromatic rings. The largest absolute Gasteiger partial charge is 0.269 e. The van der Waals surface area contributed by atoms with Crippen LogP contribution in [0.25, 0.3) is 11.4 Å². The number of non-ortho nitro benzene ring substituents is 1. The third-order valence-corrected chi connectivity index (χ3v) is 5.50. The minimum atomic E-state index is -0.424. The molecule has 29 heavy (non-hydrogen) atoms. The molecule has 0 spiro atoms. The van der Waals surface area contributed by atoms with Crippen LogP contribution in [0, 0.1) is 10.1 Å². The van der Waals surface area contributed by atoms with E-state index in [0.29, 0.717) is 12.4 Å². The van der Waals surface area contributed by atoms with E-state index < -0.39 is 4.92 Å². The topological polar surface area (TPSA) is 105 Å². The van der Waals surface area contributed by atoms with Gasteiger partial charge in [0.25, 0.3) is 5.69 Å². The highest BCUT2D eigenvalue weighted by Crippen LogP contribution is 2.31. The molecule has 2 heterocycles. The van der Waals surface area contributed by atoms with Crippen LogP contribution in [0.2, 0.25) is 0 Å². The summed E-state index contributed by atoms with van der Waals surface area (Å²) in [5.74, 6) is 1.31. The van der Waals surface area contributed by atoms with Gasteiger partial charge in [-0.3, -0.25) is 14.8 Å². The van der Waals surface area contributed by atoms with Gasteiger partial charge >= 0.3 is 0 Å². The summed E-state index contributed by atoms with van der Waals surface area (Å²) in [6, 6.07) is 16.5. The number of hydrogen-bond donors (Lipinski definition) is 0. The van der Waals surface area contributed by atoms with E-state index in [4.69, 9.17) is 0 Å². The Balaban J connectivity index is 1.50. The lowest BCUT2D eigenvalue weighted by Gasteiger charge is -2.04. The van der Waals surface area contributed by atoms with Crippen molar-refractivity contribution in [1.29, 1.82) is 0 Å². The Morgan fingerprint density at radius 3 is 2.55 bits per heavy atom. The summed E-state index contributed by atoms with van der Waals surface area (Å²) >= 11 is 1.67. The van der Waals surface area contributed by atoms with E-state index in [1.54, 1.807) is 34.8 Å². The summed E-state index contributed by atoms with van der Waals surface area (Å²) in [7, 11) is 1.89. The Labute approximate surface area is 170 Å². The molecular weight excluding hydrogens is 390 g/mol. The predicted octanol–water partition coefficient (Wildman–Crippen LogP) is 3.32. The Kier molecular flexibility index (Phi) is 5.34. The van der Waals surface area contributed by atoms with Crippen molar-refractivity contribution >= 4 is 17.4 Å². The Bertz CT molecular complexity index is 1120. The molecule has 0 bridgehead atoms. The fourth-order valence-corrected chi connectivity index (χ4v) is 3.81. The van der Waals surface area contributed by atoms with Gasteiger partial charge < -0.3 is 0 Å². The minimum absolute atomic E-state index is 0.0523. The van der Waals surface area contributed by atoms with Gasteiger partial charge in [-0.1, -0.05) is 42.5 Å². The molecule has 10 heteroatoms. The normalized spacial score (nSPS) is 10.9. The third kappa shape index (κ3) is 4.32. The Morgan fingerprint density at radius 2 is 1.83 bits per heavy atom. The maximum atomic E-state index is 10.8. The molecule has 0 aliphatic carbocycles. The van der Waals surface area contributed by atoms with Gasteiger partial charge in [0, 0.05) is 24.9 Å². The highest BCUT2D eigenvalue weighted by atomic mass is 32.2. The highest BCUT2D eigenvalue weighted by molar-refractivity contribution is 7.98. The van der Waals surface area contributed by atoms with Crippen molar-refractivity contribution in [3.05, 3.63) is 82.0 Å². The molecule has 0 saturated carbocycles. The summed E-state index contributed by atoms with van der Waals surface area (Å²) in [6.07, 6.45) is 1.74. The lowest BCUT2D eigenvalue weighted by molar-refractivity contribution is -0.384. The summed E-state index contributed by atoms with van der Waals surface area (Å²) in [5, 5.41) is 28.8. The van der Waals surface area contributed by atoms with Gasteiger partial charge in [-0.05, 0) is 16.3 Å². The van der Waals surface area contributed by atoms with Crippen molar-refractivity contribution < 1.29 is 4.92 Å². The molecular formula is C19H17N7O2S. The van der Waals surface area contributed by atoms with E-state index in [1.807, 2.05) is 25.2 Å². The minimum Gasteiger partial charge on any atom is -0.261 e. The lowest BCUT2D eigenvalue weighted by Crippen LogP contribution is -2.04. The van der Waals surface area contributed by atoms with Gasteiger partial charge in [-0.15, -0.1) is 22.0 Å². The van der Waals surface area contributed by atoms with Crippen molar-refractivity contribution in [1.82, 2.24) is 30.0 Å². The SMILES string of the molecule is Cn1ncc(-c2nnn(Cc3ccc([N+](=O)[O-])cc3)n2)c1SCc1ccccc1. The maximum Gasteiger partial charge on any atom is 0.269 e. The van der Waals surface area contributed by atoms with Crippen molar-refractivity contribution in [3.63, 3.8) is 0 Å². The molecule has 146 valence electrons. The molecule has 9 nitrogen and oxygen atoms in total. The first kappa shape index (κ1) is 18.8. The zero-order valence-corrected chi connectivity index (χ0v) is 16.4. The fourth-order valence-electron chi connectivity index (χ4n) is 2.78. The van der Waals surface area contributed by atoms with Crippen molar-refractivity contribution in [2.24, 2.45) is 7.05 Å². The van der Waals surface area contributed by atoms with Crippen molar-refractivity contribution in [2.45, 2.75) is 17.3 Å². The molecule has 0 amide bonds. The van der Waals surface area contributed by atoms with Crippen LogP contribution < -0.4 is 0 Å². The first-order valence-electron chi connectivity index (χ1n) is 8.80. The van der Waals surface area contributed by atoms with Gasteiger partial charge in [0.15, 0.2) is 0 Å². The first-order valence-corrected chi connectivity index (χ1v) is 9.79. The molecule has 0 aliphatic rings. The zero-order chi connectivity index (χ0) is 20.2.